The number of benzene rings is 1. The van der Waals surface area contributed by atoms with Crippen molar-refractivity contribution in [1.82, 2.24) is 15.1 Å². The summed E-state index contributed by atoms with van der Waals surface area (Å²) in [5, 5.41) is 16.0. The van der Waals surface area contributed by atoms with Crippen LogP contribution in [0.4, 0.5) is 0 Å². The Morgan fingerprint density at radius 2 is 1.86 bits per heavy atom. The average Bonchev–Trinajstić information content (AvgIpc) is 2.87. The van der Waals surface area contributed by atoms with Crippen LogP contribution in [-0.2, 0) is 4.79 Å². The highest BCUT2D eigenvalue weighted by molar-refractivity contribution is 5.97. The van der Waals surface area contributed by atoms with Crippen molar-refractivity contribution in [2.45, 2.75) is 26.8 Å². The van der Waals surface area contributed by atoms with E-state index in [0.717, 1.165) is 5.69 Å². The van der Waals surface area contributed by atoms with Crippen LogP contribution < -0.4 is 5.32 Å². The molecule has 0 unspecified atom stereocenters. The van der Waals surface area contributed by atoms with Gasteiger partial charge in [-0.3, -0.25) is 4.79 Å². The van der Waals surface area contributed by atoms with E-state index < -0.39 is 17.9 Å². The largest absolute Gasteiger partial charge is 0.480 e. The summed E-state index contributed by atoms with van der Waals surface area (Å²) in [6, 6.07) is 8.49. The van der Waals surface area contributed by atoms with Crippen LogP contribution in [0.15, 0.2) is 36.5 Å². The van der Waals surface area contributed by atoms with Crippen molar-refractivity contribution in [3.63, 3.8) is 0 Å². The highest BCUT2D eigenvalue weighted by Gasteiger charge is 2.25. The quantitative estimate of drug-likeness (QED) is 0.885. The van der Waals surface area contributed by atoms with Crippen molar-refractivity contribution < 1.29 is 14.7 Å². The molecule has 2 aromatic rings. The monoisotopic (exact) mass is 301 g/mol. The number of carbonyl (C=O) groups is 2. The first-order valence-electron chi connectivity index (χ1n) is 7.05. The van der Waals surface area contributed by atoms with Gasteiger partial charge in [-0.05, 0) is 25.0 Å². The first-order chi connectivity index (χ1) is 10.4. The molecule has 0 spiro atoms. The van der Waals surface area contributed by atoms with Gasteiger partial charge in [-0.2, -0.15) is 5.10 Å². The van der Waals surface area contributed by atoms with Gasteiger partial charge in [0.15, 0.2) is 0 Å². The fourth-order valence-electron chi connectivity index (χ4n) is 2.13. The topological polar surface area (TPSA) is 84.2 Å². The molecule has 6 heteroatoms. The molecule has 22 heavy (non-hydrogen) atoms. The molecule has 0 radical (unpaired) electrons. The Kier molecular flexibility index (Phi) is 4.60. The molecule has 1 heterocycles. The molecule has 6 nitrogen and oxygen atoms in total. The van der Waals surface area contributed by atoms with Gasteiger partial charge in [0, 0.05) is 6.20 Å². The molecule has 0 aliphatic carbocycles. The van der Waals surface area contributed by atoms with Gasteiger partial charge in [0.05, 0.1) is 16.9 Å². The summed E-state index contributed by atoms with van der Waals surface area (Å²) in [5.74, 6) is -1.68. The molecule has 0 aliphatic rings. The van der Waals surface area contributed by atoms with E-state index in [4.69, 9.17) is 5.11 Å². The summed E-state index contributed by atoms with van der Waals surface area (Å²) in [7, 11) is 0. The Balaban J connectivity index is 2.24. The van der Waals surface area contributed by atoms with Crippen LogP contribution >= 0.6 is 0 Å². The number of carboxylic acid groups (broad SMARTS) is 1. The first kappa shape index (κ1) is 15.8. The Labute approximate surface area is 128 Å². The number of aryl methyl sites for hydroxylation is 1. The third kappa shape index (κ3) is 3.33. The van der Waals surface area contributed by atoms with Crippen molar-refractivity contribution >= 4 is 11.9 Å². The Bertz CT molecular complexity index is 677. The number of carboxylic acids is 1. The number of carbonyl (C=O) groups excluding carboxylic acids is 1. The number of aromatic nitrogens is 2. The van der Waals surface area contributed by atoms with Gasteiger partial charge in [-0.15, -0.1) is 0 Å². The van der Waals surface area contributed by atoms with Crippen molar-refractivity contribution in [1.29, 1.82) is 0 Å². The highest BCUT2D eigenvalue weighted by Crippen LogP contribution is 2.12. The SMILES string of the molecule is Cc1nn(-c2ccccc2)cc1C(=O)N[C@@H](C(=O)O)C(C)C. The second kappa shape index (κ2) is 6.43. The van der Waals surface area contributed by atoms with Gasteiger partial charge >= 0.3 is 5.97 Å². The van der Waals surface area contributed by atoms with Gasteiger partial charge in [-0.25, -0.2) is 9.48 Å². The van der Waals surface area contributed by atoms with Crippen molar-refractivity contribution in [2.24, 2.45) is 5.92 Å². The highest BCUT2D eigenvalue weighted by atomic mass is 16.4. The van der Waals surface area contributed by atoms with Gasteiger partial charge in [0.1, 0.15) is 6.04 Å². The summed E-state index contributed by atoms with van der Waals surface area (Å²) < 4.78 is 1.61. The van der Waals surface area contributed by atoms with E-state index in [0.29, 0.717) is 11.3 Å². The Morgan fingerprint density at radius 3 is 2.41 bits per heavy atom. The minimum Gasteiger partial charge on any atom is -0.480 e. The van der Waals surface area contributed by atoms with E-state index in [-0.39, 0.29) is 5.92 Å². The van der Waals surface area contributed by atoms with E-state index in [1.165, 1.54) is 0 Å². The molecule has 1 aromatic heterocycles. The van der Waals surface area contributed by atoms with Gasteiger partial charge in [0.25, 0.3) is 5.91 Å². The van der Waals surface area contributed by atoms with Crippen LogP contribution in [0, 0.1) is 12.8 Å². The Hall–Kier alpha value is -2.63. The van der Waals surface area contributed by atoms with Gasteiger partial charge < -0.3 is 10.4 Å². The molecule has 1 atom stereocenters. The average molecular weight is 301 g/mol. The first-order valence-corrected chi connectivity index (χ1v) is 7.05. The number of hydrogen-bond acceptors (Lipinski definition) is 3. The standard InChI is InChI=1S/C16H19N3O3/c1-10(2)14(16(21)22)17-15(20)13-9-19(18-11(13)3)12-7-5-4-6-8-12/h4-10,14H,1-3H3,(H,17,20)(H,21,22)/t14-/m1/s1. The maximum Gasteiger partial charge on any atom is 0.326 e. The molecule has 1 amide bonds. The van der Waals surface area contributed by atoms with Crippen LogP contribution in [0.25, 0.3) is 5.69 Å². The van der Waals surface area contributed by atoms with E-state index in [1.54, 1.807) is 31.6 Å². The van der Waals surface area contributed by atoms with E-state index in [1.807, 2.05) is 30.3 Å². The second-order valence-corrected chi connectivity index (χ2v) is 5.44. The van der Waals surface area contributed by atoms with Crippen LogP contribution in [0.5, 0.6) is 0 Å². The molecule has 0 aliphatic heterocycles. The third-order valence-corrected chi connectivity index (χ3v) is 3.38. The number of amides is 1. The molecular formula is C16H19N3O3. The van der Waals surface area contributed by atoms with Crippen molar-refractivity contribution in [3.05, 3.63) is 47.8 Å². The zero-order valence-electron chi connectivity index (χ0n) is 12.8. The van der Waals surface area contributed by atoms with Gasteiger partial charge in [-0.1, -0.05) is 32.0 Å². The van der Waals surface area contributed by atoms with Crippen LogP contribution in [0.3, 0.4) is 0 Å². The van der Waals surface area contributed by atoms with Crippen LogP contribution in [0.1, 0.15) is 29.9 Å². The van der Waals surface area contributed by atoms with Crippen LogP contribution in [0.2, 0.25) is 0 Å². The summed E-state index contributed by atoms with van der Waals surface area (Å²) in [4.78, 5) is 23.5. The zero-order valence-corrected chi connectivity index (χ0v) is 12.8. The summed E-state index contributed by atoms with van der Waals surface area (Å²) in [5.41, 5.74) is 1.76. The maximum atomic E-state index is 12.3. The molecular weight excluding hydrogens is 282 g/mol. The predicted octanol–water partition coefficient (Wildman–Crippen LogP) is 2.02. The number of aliphatic carboxylic acids is 1. The number of rotatable bonds is 5. The predicted molar refractivity (Wildman–Crippen MR) is 82.0 cm³/mol. The van der Waals surface area contributed by atoms with Crippen LogP contribution in [-0.4, -0.2) is 32.8 Å². The number of nitrogens with zero attached hydrogens (tertiary/aromatic N) is 2. The Morgan fingerprint density at radius 1 is 1.23 bits per heavy atom. The molecule has 1 aromatic carbocycles. The van der Waals surface area contributed by atoms with E-state index in [9.17, 15) is 9.59 Å². The van der Waals surface area contributed by atoms with Crippen molar-refractivity contribution in [2.75, 3.05) is 0 Å². The molecule has 2 N–H and O–H groups in total. The normalized spacial score (nSPS) is 12.2. The van der Waals surface area contributed by atoms with Gasteiger partial charge in [0.2, 0.25) is 0 Å². The lowest BCUT2D eigenvalue weighted by molar-refractivity contribution is -0.140. The lowest BCUT2D eigenvalue weighted by Crippen LogP contribution is -2.44. The summed E-state index contributed by atoms with van der Waals surface area (Å²) >= 11 is 0. The maximum absolute atomic E-state index is 12.3. The molecule has 0 saturated heterocycles. The lowest BCUT2D eigenvalue weighted by Gasteiger charge is -2.17. The van der Waals surface area contributed by atoms with E-state index >= 15 is 0 Å². The minimum absolute atomic E-state index is 0.203. The number of para-hydroxylation sites is 1. The molecule has 0 saturated carbocycles. The third-order valence-electron chi connectivity index (χ3n) is 3.38. The molecule has 0 fully saturated rings. The minimum atomic E-state index is -1.04. The fourth-order valence-corrected chi connectivity index (χ4v) is 2.13. The molecule has 0 bridgehead atoms. The lowest BCUT2D eigenvalue weighted by atomic mass is 10.0. The zero-order chi connectivity index (χ0) is 16.3. The smallest absolute Gasteiger partial charge is 0.326 e. The second-order valence-electron chi connectivity index (χ2n) is 5.44. The number of nitrogens with one attached hydrogen (secondary N) is 1. The molecule has 116 valence electrons. The summed E-state index contributed by atoms with van der Waals surface area (Å²) in [6.07, 6.45) is 1.61. The summed E-state index contributed by atoms with van der Waals surface area (Å²) in [6.45, 7) is 5.22. The number of hydrogen-bond donors (Lipinski definition) is 2. The molecule has 2 rings (SSSR count). The fraction of sp³-hybridized carbons (Fsp3) is 0.312. The van der Waals surface area contributed by atoms with Crippen molar-refractivity contribution in [3.8, 4) is 5.69 Å². The van der Waals surface area contributed by atoms with E-state index in [2.05, 4.69) is 10.4 Å².